The van der Waals surface area contributed by atoms with Crippen molar-refractivity contribution in [2.45, 2.75) is 19.9 Å². The Kier molecular flexibility index (Phi) is 3.62. The standard InChI is InChI=1S/C13H15N3O3/c1-8-5-4-6-10(16(17)18)12(8)11-7-15-13(19-11)9(2)14-3/h4-7,9,14H,1-3H3. The molecule has 6 heteroatoms. The molecule has 0 aliphatic carbocycles. The first-order valence-electron chi connectivity index (χ1n) is 5.92. The second-order valence-electron chi connectivity index (χ2n) is 4.30. The van der Waals surface area contributed by atoms with Gasteiger partial charge in [0.05, 0.1) is 22.7 Å². The van der Waals surface area contributed by atoms with Gasteiger partial charge in [-0.3, -0.25) is 10.1 Å². The minimum absolute atomic E-state index is 0.0276. The molecule has 1 N–H and O–H groups in total. The fourth-order valence-electron chi connectivity index (χ4n) is 1.85. The van der Waals surface area contributed by atoms with Gasteiger partial charge >= 0.3 is 0 Å². The SMILES string of the molecule is CNC(C)c1ncc(-c2c(C)cccc2[N+](=O)[O-])o1. The van der Waals surface area contributed by atoms with Crippen LogP contribution in [0.4, 0.5) is 5.69 Å². The van der Waals surface area contributed by atoms with Crippen molar-refractivity contribution < 1.29 is 9.34 Å². The van der Waals surface area contributed by atoms with Gasteiger partial charge in [0, 0.05) is 6.07 Å². The first-order chi connectivity index (χ1) is 9.04. The molecule has 0 saturated heterocycles. The van der Waals surface area contributed by atoms with E-state index in [2.05, 4.69) is 10.3 Å². The zero-order chi connectivity index (χ0) is 14.0. The lowest BCUT2D eigenvalue weighted by Crippen LogP contribution is -2.12. The summed E-state index contributed by atoms with van der Waals surface area (Å²) in [4.78, 5) is 14.8. The third-order valence-electron chi connectivity index (χ3n) is 3.02. The van der Waals surface area contributed by atoms with Crippen molar-refractivity contribution in [3.8, 4) is 11.3 Å². The predicted molar refractivity (Wildman–Crippen MR) is 70.8 cm³/mol. The largest absolute Gasteiger partial charge is 0.439 e. The molecule has 0 aliphatic heterocycles. The quantitative estimate of drug-likeness (QED) is 0.676. The summed E-state index contributed by atoms with van der Waals surface area (Å²) in [5.41, 5.74) is 1.29. The van der Waals surface area contributed by atoms with Crippen molar-refractivity contribution in [2.24, 2.45) is 0 Å². The third kappa shape index (κ3) is 2.48. The van der Waals surface area contributed by atoms with Gasteiger partial charge in [-0.15, -0.1) is 0 Å². The molecule has 2 aromatic rings. The number of nitro groups is 1. The Hall–Kier alpha value is -2.21. The molecule has 0 fully saturated rings. The lowest BCUT2D eigenvalue weighted by atomic mass is 10.1. The van der Waals surface area contributed by atoms with E-state index in [1.54, 1.807) is 13.1 Å². The van der Waals surface area contributed by atoms with E-state index in [4.69, 9.17) is 4.42 Å². The molecule has 100 valence electrons. The van der Waals surface area contributed by atoms with E-state index < -0.39 is 4.92 Å². The average Bonchev–Trinajstić information content (AvgIpc) is 2.86. The van der Waals surface area contributed by atoms with Gasteiger partial charge in [0.15, 0.2) is 5.76 Å². The maximum absolute atomic E-state index is 11.1. The Morgan fingerprint density at radius 1 is 1.47 bits per heavy atom. The molecule has 0 spiro atoms. The van der Waals surface area contributed by atoms with E-state index in [0.717, 1.165) is 5.56 Å². The summed E-state index contributed by atoms with van der Waals surface area (Å²) in [7, 11) is 1.80. The zero-order valence-electron chi connectivity index (χ0n) is 11.0. The number of rotatable bonds is 4. The van der Waals surface area contributed by atoms with Gasteiger partial charge in [0.2, 0.25) is 5.89 Å². The molecule has 1 atom stereocenters. The van der Waals surface area contributed by atoms with E-state index in [-0.39, 0.29) is 11.7 Å². The number of aryl methyl sites for hydroxylation is 1. The highest BCUT2D eigenvalue weighted by atomic mass is 16.6. The second-order valence-corrected chi connectivity index (χ2v) is 4.30. The summed E-state index contributed by atoms with van der Waals surface area (Å²) in [6.07, 6.45) is 1.53. The third-order valence-corrected chi connectivity index (χ3v) is 3.02. The van der Waals surface area contributed by atoms with Crippen LogP contribution in [0.2, 0.25) is 0 Å². The summed E-state index contributed by atoms with van der Waals surface area (Å²) in [5, 5.41) is 14.1. The molecule has 1 aromatic carbocycles. The topological polar surface area (TPSA) is 81.2 Å². The van der Waals surface area contributed by atoms with Gasteiger partial charge in [-0.1, -0.05) is 12.1 Å². The molecule has 0 radical (unpaired) electrons. The highest BCUT2D eigenvalue weighted by Crippen LogP contribution is 2.33. The summed E-state index contributed by atoms with van der Waals surface area (Å²) in [5.74, 6) is 0.928. The maximum atomic E-state index is 11.1. The fourth-order valence-corrected chi connectivity index (χ4v) is 1.85. The Labute approximate surface area is 110 Å². The van der Waals surface area contributed by atoms with Gasteiger partial charge < -0.3 is 9.73 Å². The number of hydrogen-bond acceptors (Lipinski definition) is 5. The first-order valence-corrected chi connectivity index (χ1v) is 5.92. The lowest BCUT2D eigenvalue weighted by molar-refractivity contribution is -0.384. The van der Waals surface area contributed by atoms with Crippen LogP contribution in [-0.2, 0) is 0 Å². The Bertz CT molecular complexity index is 607. The normalized spacial score (nSPS) is 12.4. The van der Waals surface area contributed by atoms with Gasteiger partial charge in [0.1, 0.15) is 0 Å². The average molecular weight is 261 g/mol. The number of nitro benzene ring substituents is 1. The summed E-state index contributed by atoms with van der Waals surface area (Å²) >= 11 is 0. The molecule has 0 aliphatic rings. The lowest BCUT2D eigenvalue weighted by Gasteiger charge is -2.05. The number of nitrogens with zero attached hydrogens (tertiary/aromatic N) is 2. The van der Waals surface area contributed by atoms with Gasteiger partial charge in [-0.05, 0) is 26.5 Å². The van der Waals surface area contributed by atoms with Crippen molar-refractivity contribution in [3.63, 3.8) is 0 Å². The van der Waals surface area contributed by atoms with Gasteiger partial charge in [-0.2, -0.15) is 0 Å². The van der Waals surface area contributed by atoms with Crippen LogP contribution in [0, 0.1) is 17.0 Å². The molecule has 19 heavy (non-hydrogen) atoms. The molecular formula is C13H15N3O3. The Morgan fingerprint density at radius 3 is 2.84 bits per heavy atom. The van der Waals surface area contributed by atoms with Crippen LogP contribution in [-0.4, -0.2) is 17.0 Å². The van der Waals surface area contributed by atoms with Crippen LogP contribution in [0.5, 0.6) is 0 Å². The van der Waals surface area contributed by atoms with Gasteiger partial charge in [0.25, 0.3) is 5.69 Å². The van der Waals surface area contributed by atoms with Crippen LogP contribution >= 0.6 is 0 Å². The molecule has 6 nitrogen and oxygen atoms in total. The maximum Gasteiger partial charge on any atom is 0.280 e. The van der Waals surface area contributed by atoms with Crippen LogP contribution < -0.4 is 5.32 Å². The highest BCUT2D eigenvalue weighted by Gasteiger charge is 2.21. The van der Waals surface area contributed by atoms with Crippen LogP contribution in [0.1, 0.15) is 24.4 Å². The molecular weight excluding hydrogens is 246 g/mol. The summed E-state index contributed by atoms with van der Waals surface area (Å²) in [6.45, 7) is 3.72. The fraction of sp³-hybridized carbons (Fsp3) is 0.308. The van der Waals surface area contributed by atoms with E-state index >= 15 is 0 Å². The van der Waals surface area contributed by atoms with Gasteiger partial charge in [-0.25, -0.2) is 4.98 Å². The molecule has 0 amide bonds. The monoisotopic (exact) mass is 261 g/mol. The highest BCUT2D eigenvalue weighted by molar-refractivity contribution is 5.72. The molecule has 2 rings (SSSR count). The number of nitrogens with one attached hydrogen (secondary N) is 1. The molecule has 0 saturated carbocycles. The van der Waals surface area contributed by atoms with Crippen molar-refractivity contribution in [1.82, 2.24) is 10.3 Å². The zero-order valence-corrected chi connectivity index (χ0v) is 11.0. The predicted octanol–water partition coefficient (Wildman–Crippen LogP) is 2.84. The van der Waals surface area contributed by atoms with E-state index in [1.807, 2.05) is 19.9 Å². The smallest absolute Gasteiger partial charge is 0.280 e. The van der Waals surface area contributed by atoms with Crippen molar-refractivity contribution in [1.29, 1.82) is 0 Å². The molecule has 1 heterocycles. The minimum Gasteiger partial charge on any atom is -0.439 e. The number of hydrogen-bond donors (Lipinski definition) is 1. The summed E-state index contributed by atoms with van der Waals surface area (Å²) in [6, 6.07) is 4.89. The number of benzene rings is 1. The first kappa shape index (κ1) is 13.2. The second kappa shape index (κ2) is 5.19. The van der Waals surface area contributed by atoms with E-state index in [0.29, 0.717) is 17.2 Å². The minimum atomic E-state index is -0.411. The number of oxazole rings is 1. The van der Waals surface area contributed by atoms with Crippen molar-refractivity contribution in [3.05, 3.63) is 46.0 Å². The van der Waals surface area contributed by atoms with E-state index in [1.165, 1.54) is 12.3 Å². The Morgan fingerprint density at radius 2 is 2.21 bits per heavy atom. The van der Waals surface area contributed by atoms with Crippen molar-refractivity contribution in [2.75, 3.05) is 7.05 Å². The van der Waals surface area contributed by atoms with Crippen molar-refractivity contribution >= 4 is 5.69 Å². The number of aromatic nitrogens is 1. The van der Waals surface area contributed by atoms with Crippen LogP contribution in [0.15, 0.2) is 28.8 Å². The Balaban J connectivity index is 2.53. The molecule has 0 bridgehead atoms. The molecule has 1 unspecified atom stereocenters. The van der Waals surface area contributed by atoms with Crippen LogP contribution in [0.3, 0.4) is 0 Å². The molecule has 1 aromatic heterocycles. The summed E-state index contributed by atoms with van der Waals surface area (Å²) < 4.78 is 5.62. The van der Waals surface area contributed by atoms with Crippen LogP contribution in [0.25, 0.3) is 11.3 Å². The van der Waals surface area contributed by atoms with E-state index in [9.17, 15) is 10.1 Å².